The normalized spacial score (nSPS) is 16.4. The monoisotopic (exact) mass is 450 g/mol. The second-order valence-electron chi connectivity index (χ2n) is 9.96. The molecule has 2 aromatic rings. The minimum absolute atomic E-state index is 0.0308. The minimum atomic E-state index is 0.0308. The van der Waals surface area contributed by atoms with Gasteiger partial charge in [0, 0.05) is 0 Å². The van der Waals surface area contributed by atoms with Crippen molar-refractivity contribution >= 4 is 13.8 Å². The summed E-state index contributed by atoms with van der Waals surface area (Å²) in [5, 5.41) is 0. The van der Waals surface area contributed by atoms with E-state index in [1.165, 1.54) is 33.2 Å². The van der Waals surface area contributed by atoms with Gasteiger partial charge in [0.1, 0.15) is 0 Å². The van der Waals surface area contributed by atoms with E-state index in [9.17, 15) is 0 Å². The lowest BCUT2D eigenvalue weighted by Crippen LogP contribution is -2.33. The molecule has 0 unspecified atom stereocenters. The fraction of sp³-hybridized carbons (Fsp3) is 0.333. The van der Waals surface area contributed by atoms with Gasteiger partial charge < -0.3 is 9.31 Å². The summed E-state index contributed by atoms with van der Waals surface area (Å²) in [4.78, 5) is 0. The molecule has 0 amide bonds. The Morgan fingerprint density at radius 3 is 1.35 bits per heavy atom. The summed E-state index contributed by atoms with van der Waals surface area (Å²) in [6, 6.07) is 20.9. The zero-order valence-electron chi connectivity index (χ0n) is 21.0. The standard InChI is InChI=1S/C30H36B2O2/c1-23(2)27-15-17-31(33-21-25-11-7-5-8-12-25)29(19-27)30-20-28(24(3)4)16-18-32(30)34-22-26-13-9-6-10-14-26/h5-16,19-20,23-24H,17-18,21-22H2,1-4H3. The first-order chi connectivity index (χ1) is 16.5. The van der Waals surface area contributed by atoms with Crippen LogP contribution in [0.2, 0.25) is 12.6 Å². The average Bonchev–Trinajstić information content (AvgIpc) is 2.87. The predicted octanol–water partition coefficient (Wildman–Crippen LogP) is 7.53. The van der Waals surface area contributed by atoms with E-state index < -0.39 is 0 Å². The largest absolute Gasteiger partial charge is 0.426 e. The third-order valence-electron chi connectivity index (χ3n) is 6.73. The molecule has 2 heterocycles. The van der Waals surface area contributed by atoms with E-state index >= 15 is 0 Å². The lowest BCUT2D eigenvalue weighted by molar-refractivity contribution is 0.309. The average molecular weight is 450 g/mol. The van der Waals surface area contributed by atoms with Crippen molar-refractivity contribution in [3.8, 4) is 0 Å². The Hall–Kier alpha value is -2.55. The van der Waals surface area contributed by atoms with Gasteiger partial charge in [-0.25, -0.2) is 0 Å². The van der Waals surface area contributed by atoms with Gasteiger partial charge in [0.25, 0.3) is 0 Å². The maximum Gasteiger partial charge on any atom is 0.330 e. The van der Waals surface area contributed by atoms with Crippen LogP contribution in [0, 0.1) is 11.8 Å². The second-order valence-corrected chi connectivity index (χ2v) is 9.96. The Morgan fingerprint density at radius 2 is 1.00 bits per heavy atom. The molecule has 0 atom stereocenters. The molecular weight excluding hydrogens is 414 g/mol. The highest BCUT2D eigenvalue weighted by molar-refractivity contribution is 6.72. The first kappa shape index (κ1) is 24.6. The van der Waals surface area contributed by atoms with Crippen LogP contribution >= 0.6 is 0 Å². The molecule has 0 saturated heterocycles. The quantitative estimate of drug-likeness (QED) is 0.368. The topological polar surface area (TPSA) is 18.5 Å². The molecule has 4 rings (SSSR count). The molecule has 0 aromatic heterocycles. The van der Waals surface area contributed by atoms with E-state index in [1.54, 1.807) is 0 Å². The fourth-order valence-corrected chi connectivity index (χ4v) is 4.60. The summed E-state index contributed by atoms with van der Waals surface area (Å²) >= 11 is 0. The van der Waals surface area contributed by atoms with Crippen LogP contribution in [-0.2, 0) is 22.5 Å². The molecule has 0 N–H and O–H groups in total. The summed E-state index contributed by atoms with van der Waals surface area (Å²) in [6.45, 7) is 10.4. The summed E-state index contributed by atoms with van der Waals surface area (Å²) in [7, 11) is 0. The van der Waals surface area contributed by atoms with Crippen molar-refractivity contribution in [2.24, 2.45) is 11.8 Å². The molecule has 2 aromatic carbocycles. The number of allylic oxidation sites excluding steroid dienone is 8. The van der Waals surface area contributed by atoms with Crippen molar-refractivity contribution in [3.63, 3.8) is 0 Å². The van der Waals surface area contributed by atoms with Gasteiger partial charge in [0.15, 0.2) is 0 Å². The molecular formula is C30H36B2O2. The third kappa shape index (κ3) is 6.31. The SMILES string of the molecule is CC(C)C1=CCB(OCc2ccccc2)C(C2=CC(C(C)C)=CCB2OCc2ccccc2)=C1. The maximum absolute atomic E-state index is 6.54. The highest BCUT2D eigenvalue weighted by Crippen LogP contribution is 2.35. The van der Waals surface area contributed by atoms with Crippen LogP contribution < -0.4 is 0 Å². The van der Waals surface area contributed by atoms with Crippen LogP contribution in [0.3, 0.4) is 0 Å². The van der Waals surface area contributed by atoms with Gasteiger partial charge in [-0.05, 0) is 35.6 Å². The van der Waals surface area contributed by atoms with E-state index in [-0.39, 0.29) is 13.8 Å². The summed E-state index contributed by atoms with van der Waals surface area (Å²) in [5.74, 6) is 0.969. The first-order valence-electron chi connectivity index (χ1n) is 12.7. The van der Waals surface area contributed by atoms with Crippen LogP contribution in [0.15, 0.2) is 107 Å². The van der Waals surface area contributed by atoms with Gasteiger partial charge in [0.2, 0.25) is 0 Å². The van der Waals surface area contributed by atoms with Gasteiger partial charge in [-0.3, -0.25) is 0 Å². The zero-order valence-corrected chi connectivity index (χ0v) is 21.0. The third-order valence-corrected chi connectivity index (χ3v) is 6.73. The Kier molecular flexibility index (Phi) is 8.48. The Morgan fingerprint density at radius 1 is 0.618 bits per heavy atom. The van der Waals surface area contributed by atoms with E-state index in [2.05, 4.69) is 101 Å². The Balaban J connectivity index is 1.62. The van der Waals surface area contributed by atoms with Crippen molar-refractivity contribution in [1.82, 2.24) is 0 Å². The van der Waals surface area contributed by atoms with Crippen molar-refractivity contribution in [3.05, 3.63) is 118 Å². The molecule has 2 aliphatic rings. The van der Waals surface area contributed by atoms with Crippen LogP contribution in [-0.4, -0.2) is 13.8 Å². The highest BCUT2D eigenvalue weighted by atomic mass is 16.4. The van der Waals surface area contributed by atoms with Gasteiger partial charge in [-0.2, -0.15) is 0 Å². The summed E-state index contributed by atoms with van der Waals surface area (Å²) < 4.78 is 13.1. The number of hydrogen-bond donors (Lipinski definition) is 0. The Bertz CT molecular complexity index is 978. The van der Waals surface area contributed by atoms with E-state index in [4.69, 9.17) is 9.31 Å². The van der Waals surface area contributed by atoms with E-state index in [0.717, 1.165) is 12.6 Å². The molecule has 0 radical (unpaired) electrons. The molecule has 2 aliphatic heterocycles. The van der Waals surface area contributed by atoms with Crippen LogP contribution in [0.25, 0.3) is 0 Å². The molecule has 34 heavy (non-hydrogen) atoms. The lowest BCUT2D eigenvalue weighted by Gasteiger charge is -2.30. The van der Waals surface area contributed by atoms with Crippen LogP contribution in [0.1, 0.15) is 38.8 Å². The summed E-state index contributed by atoms with van der Waals surface area (Å²) in [5.41, 5.74) is 7.75. The van der Waals surface area contributed by atoms with Gasteiger partial charge in [0.05, 0.1) is 13.2 Å². The molecule has 0 aliphatic carbocycles. The Labute approximate surface area is 206 Å². The smallest absolute Gasteiger partial charge is 0.330 e. The van der Waals surface area contributed by atoms with Gasteiger partial charge in [-0.15, -0.1) is 0 Å². The molecule has 0 bridgehead atoms. The number of rotatable bonds is 9. The second kappa shape index (κ2) is 11.7. The van der Waals surface area contributed by atoms with Crippen molar-refractivity contribution in [1.29, 1.82) is 0 Å². The van der Waals surface area contributed by atoms with Crippen molar-refractivity contribution in [2.45, 2.75) is 53.5 Å². The van der Waals surface area contributed by atoms with Crippen LogP contribution in [0.4, 0.5) is 0 Å². The molecule has 174 valence electrons. The number of hydrogen-bond acceptors (Lipinski definition) is 2. The molecule has 4 heteroatoms. The predicted molar refractivity (Wildman–Crippen MR) is 146 cm³/mol. The van der Waals surface area contributed by atoms with E-state index in [1.807, 2.05) is 12.1 Å². The lowest BCUT2D eigenvalue weighted by atomic mass is 9.41. The van der Waals surface area contributed by atoms with Gasteiger partial charge >= 0.3 is 13.8 Å². The highest BCUT2D eigenvalue weighted by Gasteiger charge is 2.34. The molecule has 2 nitrogen and oxygen atoms in total. The van der Waals surface area contributed by atoms with Crippen molar-refractivity contribution < 1.29 is 9.31 Å². The zero-order chi connectivity index (χ0) is 23.9. The van der Waals surface area contributed by atoms with Gasteiger partial charge in [-0.1, -0.05) is 135 Å². The molecule has 0 spiro atoms. The molecule has 0 fully saturated rings. The first-order valence-corrected chi connectivity index (χ1v) is 12.7. The minimum Gasteiger partial charge on any atom is -0.426 e. The summed E-state index contributed by atoms with van der Waals surface area (Å²) in [6.07, 6.45) is 11.2. The van der Waals surface area contributed by atoms with Crippen LogP contribution in [0.5, 0.6) is 0 Å². The molecule has 0 saturated carbocycles. The fourth-order valence-electron chi connectivity index (χ4n) is 4.60. The maximum atomic E-state index is 6.54. The van der Waals surface area contributed by atoms with Crippen molar-refractivity contribution in [2.75, 3.05) is 0 Å². The van der Waals surface area contributed by atoms with E-state index in [0.29, 0.717) is 25.0 Å². The number of benzene rings is 2.